The molecule has 1 aliphatic heterocycles. The Labute approximate surface area is 266 Å². The molecule has 2 saturated carbocycles. The number of nitrogens with one attached hydrogen (secondary N) is 1. The van der Waals surface area contributed by atoms with Crippen LogP contribution in [0.1, 0.15) is 153 Å². The molecule has 0 spiro atoms. The van der Waals surface area contributed by atoms with Crippen molar-refractivity contribution in [3.05, 3.63) is 35.4 Å². The maximum Gasteiger partial charge on any atom is 0.228 e. The standard InChI is InChI=1S/C37H57ClN2O3/c1-5-25-37(8-4,40-32-20-16-12-10-14-18-30(32)35(40)43)34(42)29-17-13-9-11-15-19-31(29)39-36(6-2,7-3)33(41)28-23-21-27(26-38)22-24-28/h21-24,29-32,39H,5-20,25-26H2,1-4H3/t29-,30-,31+,32+,37?/m1/s1. The van der Waals surface area contributed by atoms with Crippen LogP contribution in [0.3, 0.4) is 0 Å². The van der Waals surface area contributed by atoms with Gasteiger partial charge < -0.3 is 10.2 Å². The number of alkyl halides is 1. The second-order valence-electron chi connectivity index (χ2n) is 13.7. The monoisotopic (exact) mass is 612 g/mol. The summed E-state index contributed by atoms with van der Waals surface area (Å²) in [6.07, 6.45) is 16.3. The van der Waals surface area contributed by atoms with E-state index < -0.39 is 11.1 Å². The summed E-state index contributed by atoms with van der Waals surface area (Å²) in [7, 11) is 0. The highest BCUT2D eigenvalue weighted by molar-refractivity contribution is 6.17. The van der Waals surface area contributed by atoms with Gasteiger partial charge in [0.15, 0.2) is 11.6 Å². The number of nitrogens with zero attached hydrogens (tertiary/aromatic N) is 1. The van der Waals surface area contributed by atoms with Crippen LogP contribution in [0.5, 0.6) is 0 Å². The van der Waals surface area contributed by atoms with Crippen molar-refractivity contribution in [3.63, 3.8) is 0 Å². The number of carbonyl (C=O) groups is 3. The van der Waals surface area contributed by atoms with Gasteiger partial charge in [0.25, 0.3) is 0 Å². The number of fused-ring (bicyclic) bond motifs is 1. The zero-order valence-electron chi connectivity index (χ0n) is 27.4. The maximum absolute atomic E-state index is 15.2. The Morgan fingerprint density at radius 3 is 2.02 bits per heavy atom. The van der Waals surface area contributed by atoms with Gasteiger partial charge in [0, 0.05) is 29.4 Å². The summed E-state index contributed by atoms with van der Waals surface area (Å²) < 4.78 is 0. The Kier molecular flexibility index (Phi) is 12.3. The number of carbonyl (C=O) groups excluding carboxylic acids is 3. The summed E-state index contributed by atoms with van der Waals surface area (Å²) in [5, 5.41) is 3.89. The van der Waals surface area contributed by atoms with E-state index in [1.807, 2.05) is 24.3 Å². The van der Waals surface area contributed by atoms with E-state index in [0.29, 0.717) is 30.7 Å². The Bertz CT molecular complexity index is 1080. The lowest BCUT2D eigenvalue weighted by molar-refractivity contribution is -0.179. The van der Waals surface area contributed by atoms with E-state index in [9.17, 15) is 9.59 Å². The SMILES string of the molecule is CCCC(CC)(C(=O)[C@@H]1CCCCCC[C@@H]1NC(CC)(CC)C(=O)c1ccc(CCl)cc1)N1C(=O)[C@@H]2CCCCCC[C@@H]21. The van der Waals surface area contributed by atoms with E-state index in [2.05, 4.69) is 37.9 Å². The van der Waals surface area contributed by atoms with Crippen molar-refractivity contribution in [2.75, 3.05) is 0 Å². The molecular formula is C37H57ClN2O3. The van der Waals surface area contributed by atoms with Crippen molar-refractivity contribution >= 4 is 29.1 Å². The normalized spacial score (nSPS) is 26.6. The zero-order valence-corrected chi connectivity index (χ0v) is 28.2. The van der Waals surface area contributed by atoms with E-state index in [0.717, 1.165) is 82.6 Å². The number of hydrogen-bond acceptors (Lipinski definition) is 4. The lowest BCUT2D eigenvalue weighted by atomic mass is 9.67. The molecule has 1 aromatic rings. The highest BCUT2D eigenvalue weighted by atomic mass is 35.5. The topological polar surface area (TPSA) is 66.5 Å². The van der Waals surface area contributed by atoms with E-state index in [1.165, 1.54) is 12.8 Å². The second kappa shape index (κ2) is 15.5. The second-order valence-corrected chi connectivity index (χ2v) is 13.9. The first-order valence-corrected chi connectivity index (χ1v) is 18.2. The first-order chi connectivity index (χ1) is 20.8. The molecule has 1 amide bonds. The molecule has 0 radical (unpaired) electrons. The molecule has 3 aliphatic rings. The number of hydrogen-bond donors (Lipinski definition) is 1. The summed E-state index contributed by atoms with van der Waals surface area (Å²) in [4.78, 5) is 45.3. The number of rotatable bonds is 13. The quantitative estimate of drug-likeness (QED) is 0.137. The molecule has 240 valence electrons. The molecule has 1 N–H and O–H groups in total. The van der Waals surface area contributed by atoms with Crippen molar-refractivity contribution in [3.8, 4) is 0 Å². The lowest BCUT2D eigenvalue weighted by Gasteiger charge is -2.58. The van der Waals surface area contributed by atoms with Gasteiger partial charge in [-0.05, 0) is 56.9 Å². The molecule has 1 aromatic carbocycles. The molecule has 2 aliphatic carbocycles. The molecule has 1 unspecified atom stereocenters. The molecule has 4 rings (SSSR count). The van der Waals surface area contributed by atoms with Gasteiger partial charge >= 0.3 is 0 Å². The number of likely N-dealkylation sites (tertiary alicyclic amines) is 1. The summed E-state index contributed by atoms with van der Waals surface area (Å²) in [5.41, 5.74) is 0.184. The minimum absolute atomic E-state index is 0.0916. The van der Waals surface area contributed by atoms with Crippen LogP contribution in [0.2, 0.25) is 0 Å². The van der Waals surface area contributed by atoms with Crippen molar-refractivity contribution in [2.45, 2.75) is 166 Å². The average Bonchev–Trinajstić information content (AvgIpc) is 3.01. The Morgan fingerprint density at radius 2 is 1.44 bits per heavy atom. The molecular weight excluding hydrogens is 556 g/mol. The van der Waals surface area contributed by atoms with Gasteiger partial charge in [0.1, 0.15) is 5.54 Å². The smallest absolute Gasteiger partial charge is 0.228 e. The molecule has 1 saturated heterocycles. The largest absolute Gasteiger partial charge is 0.326 e. The highest BCUT2D eigenvalue weighted by Gasteiger charge is 2.59. The average molecular weight is 613 g/mol. The molecule has 3 fully saturated rings. The summed E-state index contributed by atoms with van der Waals surface area (Å²) in [6, 6.07) is 7.77. The Morgan fingerprint density at radius 1 is 0.837 bits per heavy atom. The van der Waals surface area contributed by atoms with Crippen LogP contribution in [0.4, 0.5) is 0 Å². The first kappa shape index (κ1) is 34.2. The predicted octanol–water partition coefficient (Wildman–Crippen LogP) is 8.79. The van der Waals surface area contributed by atoms with Crippen LogP contribution in [0.15, 0.2) is 24.3 Å². The Balaban J connectivity index is 1.68. The number of benzene rings is 1. The van der Waals surface area contributed by atoms with Crippen molar-refractivity contribution in [2.24, 2.45) is 11.8 Å². The maximum atomic E-state index is 15.2. The fourth-order valence-corrected chi connectivity index (χ4v) is 8.86. The first-order valence-electron chi connectivity index (χ1n) is 17.7. The fourth-order valence-electron chi connectivity index (χ4n) is 8.68. The third kappa shape index (κ3) is 6.93. The summed E-state index contributed by atoms with van der Waals surface area (Å²) in [6.45, 7) is 8.45. The van der Waals surface area contributed by atoms with Gasteiger partial charge in [-0.25, -0.2) is 0 Å². The number of β-lactam (4-membered cyclic amide) rings is 1. The van der Waals surface area contributed by atoms with Crippen LogP contribution in [-0.4, -0.2) is 45.5 Å². The van der Waals surface area contributed by atoms with E-state index in [1.54, 1.807) is 0 Å². The van der Waals surface area contributed by atoms with Crippen LogP contribution < -0.4 is 5.32 Å². The van der Waals surface area contributed by atoms with Crippen LogP contribution in [0.25, 0.3) is 0 Å². The van der Waals surface area contributed by atoms with Crippen LogP contribution in [-0.2, 0) is 15.5 Å². The van der Waals surface area contributed by atoms with Crippen LogP contribution in [0, 0.1) is 11.8 Å². The van der Waals surface area contributed by atoms with Gasteiger partial charge in [-0.3, -0.25) is 14.4 Å². The lowest BCUT2D eigenvalue weighted by Crippen LogP contribution is -2.73. The molecule has 5 atom stereocenters. The highest BCUT2D eigenvalue weighted by Crippen LogP contribution is 2.46. The predicted molar refractivity (Wildman–Crippen MR) is 177 cm³/mol. The van der Waals surface area contributed by atoms with E-state index in [4.69, 9.17) is 11.6 Å². The van der Waals surface area contributed by atoms with E-state index >= 15 is 4.79 Å². The zero-order chi connectivity index (χ0) is 31.0. The minimum Gasteiger partial charge on any atom is -0.326 e. The van der Waals surface area contributed by atoms with E-state index in [-0.39, 0.29) is 41.4 Å². The van der Waals surface area contributed by atoms with Crippen molar-refractivity contribution in [1.29, 1.82) is 0 Å². The number of halogens is 1. The third-order valence-corrected chi connectivity index (χ3v) is 11.7. The summed E-state index contributed by atoms with van der Waals surface area (Å²) >= 11 is 6.02. The molecule has 6 heteroatoms. The third-order valence-electron chi connectivity index (χ3n) is 11.4. The van der Waals surface area contributed by atoms with Gasteiger partial charge in [-0.15, -0.1) is 11.6 Å². The molecule has 5 nitrogen and oxygen atoms in total. The van der Waals surface area contributed by atoms with Crippen molar-refractivity contribution in [1.82, 2.24) is 10.2 Å². The number of ketones is 2. The van der Waals surface area contributed by atoms with Crippen LogP contribution >= 0.6 is 11.6 Å². The van der Waals surface area contributed by atoms with Crippen molar-refractivity contribution < 1.29 is 14.4 Å². The molecule has 0 aromatic heterocycles. The molecule has 0 bridgehead atoms. The van der Waals surface area contributed by atoms with Gasteiger partial charge in [-0.1, -0.05) is 110 Å². The van der Waals surface area contributed by atoms with Gasteiger partial charge in [0.2, 0.25) is 5.91 Å². The minimum atomic E-state index is -0.752. The number of amides is 1. The van der Waals surface area contributed by atoms with Gasteiger partial charge in [-0.2, -0.15) is 0 Å². The number of Topliss-reactive ketones (excluding diaryl/α,β-unsaturated/α-hetero) is 2. The fraction of sp³-hybridized carbons (Fsp3) is 0.757. The van der Waals surface area contributed by atoms with Gasteiger partial charge in [0.05, 0.1) is 11.5 Å². The summed E-state index contributed by atoms with van der Waals surface area (Å²) in [5.74, 6) is 0.873. The molecule has 43 heavy (non-hydrogen) atoms. The molecule has 1 heterocycles. The Hall–Kier alpha value is -1.72.